The van der Waals surface area contributed by atoms with Gasteiger partial charge in [0.15, 0.2) is 0 Å². The lowest BCUT2D eigenvalue weighted by atomic mass is 10.2. The number of fused-ring (bicyclic) bond motifs is 1. The first-order chi connectivity index (χ1) is 11.1. The fourth-order valence-electron chi connectivity index (χ4n) is 2.43. The summed E-state index contributed by atoms with van der Waals surface area (Å²) in [5, 5.41) is 12.2. The van der Waals surface area contributed by atoms with Crippen LogP contribution >= 0.6 is 0 Å². The molecule has 0 saturated carbocycles. The number of aliphatic hydroxyl groups is 1. The molecule has 0 radical (unpaired) electrons. The van der Waals surface area contributed by atoms with Crippen LogP contribution in [0.3, 0.4) is 0 Å². The molecule has 0 spiro atoms. The minimum Gasteiger partial charge on any atom is -0.388 e. The van der Waals surface area contributed by atoms with Crippen molar-refractivity contribution >= 4 is 22.6 Å². The number of hydrogen-bond acceptors (Lipinski definition) is 3. The maximum absolute atomic E-state index is 13.3. The smallest absolute Gasteiger partial charge is 0.244 e. The molecule has 1 aromatic heterocycles. The number of anilines is 1. The van der Waals surface area contributed by atoms with Gasteiger partial charge in [-0.1, -0.05) is 17.7 Å². The van der Waals surface area contributed by atoms with Crippen molar-refractivity contribution in [2.45, 2.75) is 20.1 Å². The minimum atomic E-state index is -0.407. The van der Waals surface area contributed by atoms with Crippen LogP contribution in [-0.4, -0.2) is 20.6 Å². The summed E-state index contributed by atoms with van der Waals surface area (Å²) < 4.78 is 14.9. The summed E-state index contributed by atoms with van der Waals surface area (Å²) in [7, 11) is 0. The van der Waals surface area contributed by atoms with Gasteiger partial charge in [0.2, 0.25) is 5.91 Å². The summed E-state index contributed by atoms with van der Waals surface area (Å²) in [6.07, 6.45) is 0. The van der Waals surface area contributed by atoms with Gasteiger partial charge in [0.1, 0.15) is 24.8 Å². The first-order valence-corrected chi connectivity index (χ1v) is 7.19. The minimum absolute atomic E-state index is 0.00803. The normalized spacial score (nSPS) is 10.9. The molecule has 0 saturated heterocycles. The fraction of sp³-hybridized carbons (Fsp3) is 0.176. The average molecular weight is 313 g/mol. The molecule has 2 aromatic carbocycles. The Morgan fingerprint density at radius 1 is 1.26 bits per heavy atom. The Labute approximate surface area is 132 Å². The molecular weight excluding hydrogens is 297 g/mol. The Hall–Kier alpha value is -2.73. The second-order valence-electron chi connectivity index (χ2n) is 5.32. The monoisotopic (exact) mass is 313 g/mol. The first-order valence-electron chi connectivity index (χ1n) is 7.19. The zero-order chi connectivity index (χ0) is 16.4. The third-order valence-electron chi connectivity index (χ3n) is 3.57. The van der Waals surface area contributed by atoms with E-state index in [1.807, 2.05) is 31.2 Å². The second kappa shape index (κ2) is 6.18. The quantitative estimate of drug-likeness (QED) is 0.778. The van der Waals surface area contributed by atoms with Crippen molar-refractivity contribution in [3.63, 3.8) is 0 Å². The lowest BCUT2D eigenvalue weighted by Gasteiger charge is -2.09. The standard InChI is InChI=1S/C17H16FN3O2/c1-11-2-5-13(6-3-11)19-17(23)9-21-15-7-4-12(18)8-14(15)20-16(21)10-22/h2-8,22H,9-10H2,1H3,(H,19,23). The maximum atomic E-state index is 13.3. The van der Waals surface area contributed by atoms with E-state index in [4.69, 9.17) is 0 Å². The summed E-state index contributed by atoms with van der Waals surface area (Å²) in [5.74, 6) is -0.326. The number of aliphatic hydroxyl groups excluding tert-OH is 1. The molecule has 0 fully saturated rings. The van der Waals surface area contributed by atoms with Crippen molar-refractivity contribution < 1.29 is 14.3 Å². The lowest BCUT2D eigenvalue weighted by Crippen LogP contribution is -2.20. The second-order valence-corrected chi connectivity index (χ2v) is 5.32. The van der Waals surface area contributed by atoms with E-state index in [0.717, 1.165) is 5.56 Å². The number of hydrogen-bond donors (Lipinski definition) is 2. The number of aryl methyl sites for hydroxylation is 1. The molecule has 1 heterocycles. The number of nitrogens with one attached hydrogen (secondary N) is 1. The van der Waals surface area contributed by atoms with Crippen molar-refractivity contribution in [2.24, 2.45) is 0 Å². The molecule has 0 atom stereocenters. The zero-order valence-electron chi connectivity index (χ0n) is 12.6. The fourth-order valence-corrected chi connectivity index (χ4v) is 2.43. The van der Waals surface area contributed by atoms with Gasteiger partial charge < -0.3 is 15.0 Å². The van der Waals surface area contributed by atoms with E-state index in [2.05, 4.69) is 10.3 Å². The molecule has 23 heavy (non-hydrogen) atoms. The number of imidazole rings is 1. The van der Waals surface area contributed by atoms with Crippen LogP contribution in [0.15, 0.2) is 42.5 Å². The van der Waals surface area contributed by atoms with Crippen molar-refractivity contribution in [1.82, 2.24) is 9.55 Å². The molecule has 6 heteroatoms. The van der Waals surface area contributed by atoms with E-state index >= 15 is 0 Å². The Balaban J connectivity index is 1.85. The van der Waals surface area contributed by atoms with E-state index in [1.54, 1.807) is 10.6 Å². The van der Waals surface area contributed by atoms with Crippen LogP contribution in [0.5, 0.6) is 0 Å². The molecule has 1 amide bonds. The molecule has 3 rings (SSSR count). The number of rotatable bonds is 4. The summed E-state index contributed by atoms with van der Waals surface area (Å²) in [4.78, 5) is 16.4. The Morgan fingerprint density at radius 3 is 2.70 bits per heavy atom. The van der Waals surface area contributed by atoms with E-state index in [-0.39, 0.29) is 19.1 Å². The predicted molar refractivity (Wildman–Crippen MR) is 85.4 cm³/mol. The number of halogens is 1. The van der Waals surface area contributed by atoms with Gasteiger partial charge in [-0.3, -0.25) is 4.79 Å². The van der Waals surface area contributed by atoms with Gasteiger partial charge in [0.05, 0.1) is 11.0 Å². The van der Waals surface area contributed by atoms with Crippen LogP contribution in [0.1, 0.15) is 11.4 Å². The van der Waals surface area contributed by atoms with Gasteiger partial charge in [-0.25, -0.2) is 9.37 Å². The number of carbonyl (C=O) groups is 1. The summed E-state index contributed by atoms with van der Waals surface area (Å²) in [5.41, 5.74) is 2.82. The zero-order valence-corrected chi connectivity index (χ0v) is 12.6. The molecular formula is C17H16FN3O2. The van der Waals surface area contributed by atoms with Gasteiger partial charge in [-0.05, 0) is 31.2 Å². The topological polar surface area (TPSA) is 67.2 Å². The number of benzene rings is 2. The number of aromatic nitrogens is 2. The van der Waals surface area contributed by atoms with Gasteiger partial charge in [-0.15, -0.1) is 0 Å². The highest BCUT2D eigenvalue weighted by atomic mass is 19.1. The Bertz CT molecular complexity index is 856. The van der Waals surface area contributed by atoms with Crippen LogP contribution in [0.25, 0.3) is 11.0 Å². The van der Waals surface area contributed by atoms with Crippen LogP contribution in [0.2, 0.25) is 0 Å². The lowest BCUT2D eigenvalue weighted by molar-refractivity contribution is -0.116. The van der Waals surface area contributed by atoms with Crippen molar-refractivity contribution in [2.75, 3.05) is 5.32 Å². The van der Waals surface area contributed by atoms with Crippen LogP contribution < -0.4 is 5.32 Å². The molecule has 118 valence electrons. The van der Waals surface area contributed by atoms with E-state index in [9.17, 15) is 14.3 Å². The number of nitrogens with zero attached hydrogens (tertiary/aromatic N) is 2. The molecule has 3 aromatic rings. The third-order valence-corrected chi connectivity index (χ3v) is 3.57. The first kappa shape index (κ1) is 15.2. The highest BCUT2D eigenvalue weighted by Crippen LogP contribution is 2.18. The highest BCUT2D eigenvalue weighted by molar-refractivity contribution is 5.91. The van der Waals surface area contributed by atoms with Crippen molar-refractivity contribution in [3.8, 4) is 0 Å². The average Bonchev–Trinajstić information content (AvgIpc) is 2.86. The van der Waals surface area contributed by atoms with Crippen LogP contribution in [0.4, 0.5) is 10.1 Å². The molecule has 5 nitrogen and oxygen atoms in total. The Morgan fingerprint density at radius 2 is 2.00 bits per heavy atom. The SMILES string of the molecule is Cc1ccc(NC(=O)Cn2c(CO)nc3cc(F)ccc32)cc1. The molecule has 0 aliphatic rings. The van der Waals surface area contributed by atoms with Gasteiger partial charge in [-0.2, -0.15) is 0 Å². The number of carbonyl (C=O) groups excluding carboxylic acids is 1. The largest absolute Gasteiger partial charge is 0.388 e. The van der Waals surface area contributed by atoms with E-state index in [1.165, 1.54) is 12.1 Å². The molecule has 0 aliphatic carbocycles. The van der Waals surface area contributed by atoms with E-state index in [0.29, 0.717) is 22.5 Å². The van der Waals surface area contributed by atoms with Crippen LogP contribution in [-0.2, 0) is 17.9 Å². The van der Waals surface area contributed by atoms with Gasteiger partial charge in [0.25, 0.3) is 0 Å². The molecule has 0 bridgehead atoms. The predicted octanol–water partition coefficient (Wildman–Crippen LogP) is 2.61. The molecule has 2 N–H and O–H groups in total. The van der Waals surface area contributed by atoms with E-state index < -0.39 is 5.82 Å². The van der Waals surface area contributed by atoms with Crippen molar-refractivity contribution in [1.29, 1.82) is 0 Å². The molecule has 0 unspecified atom stereocenters. The highest BCUT2D eigenvalue weighted by Gasteiger charge is 2.14. The summed E-state index contributed by atoms with van der Waals surface area (Å²) in [6, 6.07) is 11.6. The maximum Gasteiger partial charge on any atom is 0.244 e. The summed E-state index contributed by atoms with van der Waals surface area (Å²) >= 11 is 0. The number of amides is 1. The summed E-state index contributed by atoms with van der Waals surface area (Å²) in [6.45, 7) is 1.63. The third kappa shape index (κ3) is 3.22. The van der Waals surface area contributed by atoms with Crippen LogP contribution in [0, 0.1) is 12.7 Å². The van der Waals surface area contributed by atoms with Crippen molar-refractivity contribution in [3.05, 3.63) is 59.7 Å². The molecule has 0 aliphatic heterocycles. The van der Waals surface area contributed by atoms with Gasteiger partial charge >= 0.3 is 0 Å². The Kier molecular flexibility index (Phi) is 4.08. The van der Waals surface area contributed by atoms with Gasteiger partial charge in [0, 0.05) is 11.8 Å².